The topological polar surface area (TPSA) is 29.9 Å². The van der Waals surface area contributed by atoms with Gasteiger partial charge in [0.2, 0.25) is 0 Å². The monoisotopic (exact) mass is 271 g/mol. The molecular formula is C17H25N3. The molecule has 108 valence electrons. The van der Waals surface area contributed by atoms with E-state index in [2.05, 4.69) is 72.3 Å². The van der Waals surface area contributed by atoms with Crippen molar-refractivity contribution in [2.24, 2.45) is 0 Å². The van der Waals surface area contributed by atoms with Crippen molar-refractivity contribution in [3.8, 4) is 0 Å². The van der Waals surface area contributed by atoms with Crippen LogP contribution in [0.1, 0.15) is 43.3 Å². The first-order valence-corrected chi connectivity index (χ1v) is 7.56. The lowest BCUT2D eigenvalue weighted by atomic mass is 10.0. The van der Waals surface area contributed by atoms with Crippen LogP contribution in [-0.4, -0.2) is 16.3 Å². The van der Waals surface area contributed by atoms with E-state index in [4.69, 9.17) is 0 Å². The van der Waals surface area contributed by atoms with Crippen LogP contribution in [0, 0.1) is 6.92 Å². The van der Waals surface area contributed by atoms with Crippen LogP contribution in [0.5, 0.6) is 0 Å². The number of aryl methyl sites for hydroxylation is 3. The summed E-state index contributed by atoms with van der Waals surface area (Å²) in [6.45, 7) is 8.31. The molecule has 0 radical (unpaired) electrons. The molecule has 1 N–H and O–H groups in total. The van der Waals surface area contributed by atoms with Crippen LogP contribution in [0.4, 0.5) is 0 Å². The number of rotatable bonds is 7. The second-order valence-electron chi connectivity index (χ2n) is 5.15. The highest BCUT2D eigenvalue weighted by Crippen LogP contribution is 2.19. The van der Waals surface area contributed by atoms with E-state index in [0.29, 0.717) is 6.04 Å². The third-order valence-corrected chi connectivity index (χ3v) is 3.63. The van der Waals surface area contributed by atoms with Crippen LogP contribution in [0.3, 0.4) is 0 Å². The maximum atomic E-state index is 4.52. The molecular weight excluding hydrogens is 246 g/mol. The third-order valence-electron chi connectivity index (χ3n) is 3.63. The Bertz CT molecular complexity index is 516. The van der Waals surface area contributed by atoms with Gasteiger partial charge in [0, 0.05) is 18.3 Å². The third kappa shape index (κ3) is 3.70. The molecule has 0 amide bonds. The lowest BCUT2D eigenvalue weighted by Gasteiger charge is -2.18. The van der Waals surface area contributed by atoms with Gasteiger partial charge in [0.15, 0.2) is 0 Å². The van der Waals surface area contributed by atoms with Gasteiger partial charge in [0.05, 0.1) is 5.69 Å². The highest BCUT2D eigenvalue weighted by atomic mass is 15.3. The number of nitrogens with one attached hydrogen (secondary N) is 1. The molecule has 1 unspecified atom stereocenters. The summed E-state index contributed by atoms with van der Waals surface area (Å²) >= 11 is 0. The molecule has 2 rings (SSSR count). The van der Waals surface area contributed by atoms with Crippen molar-refractivity contribution in [2.45, 2.75) is 46.2 Å². The summed E-state index contributed by atoms with van der Waals surface area (Å²) in [6.07, 6.45) is 2.16. The van der Waals surface area contributed by atoms with Crippen molar-refractivity contribution in [2.75, 3.05) is 6.54 Å². The van der Waals surface area contributed by atoms with E-state index in [-0.39, 0.29) is 0 Å². The molecule has 0 saturated heterocycles. The zero-order valence-corrected chi connectivity index (χ0v) is 12.8. The van der Waals surface area contributed by atoms with Gasteiger partial charge in [-0.15, -0.1) is 0 Å². The summed E-state index contributed by atoms with van der Waals surface area (Å²) in [7, 11) is 0. The van der Waals surface area contributed by atoms with Gasteiger partial charge in [-0.3, -0.25) is 4.68 Å². The number of nitrogens with zero attached hydrogens (tertiary/aromatic N) is 2. The zero-order chi connectivity index (χ0) is 14.4. The lowest BCUT2D eigenvalue weighted by molar-refractivity contribution is 0.500. The van der Waals surface area contributed by atoms with Gasteiger partial charge in [-0.05, 0) is 44.9 Å². The second-order valence-corrected chi connectivity index (χ2v) is 5.15. The second kappa shape index (κ2) is 7.25. The summed E-state index contributed by atoms with van der Waals surface area (Å²) in [6, 6.07) is 13.3. The van der Waals surface area contributed by atoms with Gasteiger partial charge in [-0.25, -0.2) is 0 Å². The molecule has 3 nitrogen and oxygen atoms in total. The number of aromatic nitrogens is 2. The maximum Gasteiger partial charge on any atom is 0.0596 e. The van der Waals surface area contributed by atoms with Crippen molar-refractivity contribution in [1.29, 1.82) is 0 Å². The standard InChI is InChI=1S/C17H25N3/c1-4-18-17(15-9-7-6-8-10-15)12-11-16-13-14(3)19-20(16)5-2/h6-10,13,17-18H,4-5,11-12H2,1-3H3. The Balaban J connectivity index is 2.05. The summed E-state index contributed by atoms with van der Waals surface area (Å²) in [4.78, 5) is 0. The van der Waals surface area contributed by atoms with E-state index < -0.39 is 0 Å². The minimum absolute atomic E-state index is 0.418. The predicted octanol–water partition coefficient (Wildman–Crippen LogP) is 3.49. The molecule has 1 aromatic carbocycles. The highest BCUT2D eigenvalue weighted by Gasteiger charge is 2.12. The van der Waals surface area contributed by atoms with E-state index in [1.54, 1.807) is 0 Å². The van der Waals surface area contributed by atoms with E-state index >= 15 is 0 Å². The van der Waals surface area contributed by atoms with Crippen molar-refractivity contribution in [3.05, 3.63) is 53.3 Å². The largest absolute Gasteiger partial charge is 0.310 e. The maximum absolute atomic E-state index is 4.52. The van der Waals surface area contributed by atoms with E-state index in [0.717, 1.165) is 31.6 Å². The van der Waals surface area contributed by atoms with Crippen LogP contribution in [0.25, 0.3) is 0 Å². The molecule has 1 aromatic heterocycles. The minimum atomic E-state index is 0.418. The molecule has 0 spiro atoms. The zero-order valence-electron chi connectivity index (χ0n) is 12.8. The summed E-state index contributed by atoms with van der Waals surface area (Å²) in [5, 5.41) is 8.11. The molecule has 1 heterocycles. The molecule has 2 aromatic rings. The van der Waals surface area contributed by atoms with Gasteiger partial charge in [-0.1, -0.05) is 37.3 Å². The van der Waals surface area contributed by atoms with E-state index in [1.165, 1.54) is 11.3 Å². The van der Waals surface area contributed by atoms with Gasteiger partial charge in [0.25, 0.3) is 0 Å². The number of hydrogen-bond acceptors (Lipinski definition) is 2. The van der Waals surface area contributed by atoms with E-state index in [1.807, 2.05) is 0 Å². The fraction of sp³-hybridized carbons (Fsp3) is 0.471. The van der Waals surface area contributed by atoms with Crippen LogP contribution in [-0.2, 0) is 13.0 Å². The first kappa shape index (κ1) is 14.8. The van der Waals surface area contributed by atoms with Crippen molar-refractivity contribution < 1.29 is 0 Å². The molecule has 0 fully saturated rings. The number of benzene rings is 1. The van der Waals surface area contributed by atoms with Crippen molar-refractivity contribution >= 4 is 0 Å². The summed E-state index contributed by atoms with van der Waals surface area (Å²) in [5.74, 6) is 0. The van der Waals surface area contributed by atoms with Crippen LogP contribution >= 0.6 is 0 Å². The van der Waals surface area contributed by atoms with Crippen LogP contribution in [0.15, 0.2) is 36.4 Å². The number of hydrogen-bond donors (Lipinski definition) is 1. The quantitative estimate of drug-likeness (QED) is 0.835. The predicted molar refractivity (Wildman–Crippen MR) is 83.8 cm³/mol. The Kier molecular flexibility index (Phi) is 5.36. The fourth-order valence-electron chi connectivity index (χ4n) is 2.68. The smallest absolute Gasteiger partial charge is 0.0596 e. The Morgan fingerprint density at radius 3 is 2.60 bits per heavy atom. The summed E-state index contributed by atoms with van der Waals surface area (Å²) < 4.78 is 2.11. The average molecular weight is 271 g/mol. The SMILES string of the molecule is CCNC(CCc1cc(C)nn1CC)c1ccccc1. The molecule has 3 heteroatoms. The Hall–Kier alpha value is -1.61. The molecule has 1 atom stereocenters. The Morgan fingerprint density at radius 1 is 1.20 bits per heavy atom. The molecule has 0 saturated carbocycles. The summed E-state index contributed by atoms with van der Waals surface area (Å²) in [5.41, 5.74) is 3.82. The molecule has 20 heavy (non-hydrogen) atoms. The highest BCUT2D eigenvalue weighted by molar-refractivity contribution is 5.19. The molecule has 0 bridgehead atoms. The average Bonchev–Trinajstić information content (AvgIpc) is 2.84. The van der Waals surface area contributed by atoms with Gasteiger partial charge >= 0.3 is 0 Å². The van der Waals surface area contributed by atoms with Gasteiger partial charge in [-0.2, -0.15) is 5.10 Å². The van der Waals surface area contributed by atoms with Crippen molar-refractivity contribution in [1.82, 2.24) is 15.1 Å². The minimum Gasteiger partial charge on any atom is -0.310 e. The molecule has 0 aliphatic rings. The van der Waals surface area contributed by atoms with Crippen LogP contribution in [0.2, 0.25) is 0 Å². The Labute approximate surface area is 122 Å². The molecule has 0 aliphatic carbocycles. The Morgan fingerprint density at radius 2 is 1.95 bits per heavy atom. The van der Waals surface area contributed by atoms with Crippen LogP contribution < -0.4 is 5.32 Å². The van der Waals surface area contributed by atoms with Gasteiger partial charge in [0.1, 0.15) is 0 Å². The van der Waals surface area contributed by atoms with Gasteiger partial charge < -0.3 is 5.32 Å². The lowest BCUT2D eigenvalue weighted by Crippen LogP contribution is -2.21. The first-order chi connectivity index (χ1) is 9.74. The normalized spacial score (nSPS) is 12.6. The molecule has 0 aliphatic heterocycles. The van der Waals surface area contributed by atoms with Crippen molar-refractivity contribution in [3.63, 3.8) is 0 Å². The first-order valence-electron chi connectivity index (χ1n) is 7.56. The fourth-order valence-corrected chi connectivity index (χ4v) is 2.68. The van der Waals surface area contributed by atoms with E-state index in [9.17, 15) is 0 Å².